The first-order valence-electron chi connectivity index (χ1n) is 4.81. The van der Waals surface area contributed by atoms with E-state index in [2.05, 4.69) is 22.4 Å². The average Bonchev–Trinajstić information content (AvgIpc) is 2.22. The molecule has 0 bridgehead atoms. The number of nitrogens with zero attached hydrogens (tertiary/aromatic N) is 2. The van der Waals surface area contributed by atoms with Crippen LogP contribution in [-0.2, 0) is 60.2 Å². The van der Waals surface area contributed by atoms with Gasteiger partial charge in [-0.05, 0) is 40.8 Å². The van der Waals surface area contributed by atoms with Crippen LogP contribution in [0.1, 0.15) is 0 Å². The molecular weight excluding hydrogens is 346 g/mol. The molecule has 0 aliphatic rings. The number of hydrogen-bond donors (Lipinski definition) is 0. The summed E-state index contributed by atoms with van der Waals surface area (Å²) in [6.45, 7) is 3.01. The van der Waals surface area contributed by atoms with Crippen LogP contribution in [0.15, 0.2) is 0 Å². The molecule has 0 aliphatic carbocycles. The molecule has 0 heterocycles. The zero-order valence-electron chi connectivity index (χ0n) is 10.1. The van der Waals surface area contributed by atoms with Crippen molar-refractivity contribution in [1.29, 1.82) is 0 Å². The van der Waals surface area contributed by atoms with Crippen LogP contribution >= 0.6 is 0 Å². The van der Waals surface area contributed by atoms with Crippen LogP contribution in [0.4, 0.5) is 0 Å². The van der Waals surface area contributed by atoms with Gasteiger partial charge in [-0.1, -0.05) is 0 Å². The Hall–Kier alpha value is 1.42. The van der Waals surface area contributed by atoms with Crippen LogP contribution < -0.4 is 0 Å². The van der Waals surface area contributed by atoms with Gasteiger partial charge in [0, 0.05) is 0 Å². The Bertz CT molecular complexity index is 117. The van der Waals surface area contributed by atoms with Gasteiger partial charge in [-0.15, -0.1) is 0 Å². The summed E-state index contributed by atoms with van der Waals surface area (Å²) < 4.78 is 8.22. The zero-order valence-corrected chi connectivity index (χ0v) is 14.5. The Kier molecular flexibility index (Phi) is 30.6. The molecule has 0 radical (unpaired) electrons. The van der Waals surface area contributed by atoms with Gasteiger partial charge >= 0.3 is 22.4 Å². The van der Waals surface area contributed by atoms with E-state index in [-0.39, 0.29) is 0 Å². The van der Waals surface area contributed by atoms with E-state index in [0.717, 1.165) is 55.7 Å². The molecule has 0 spiro atoms. The van der Waals surface area contributed by atoms with Crippen LogP contribution in [0, 0.1) is 0 Å². The Balaban J connectivity index is -0.000000188. The molecule has 0 fully saturated rings. The normalized spacial score (nSPS) is 9.19. The Morgan fingerprint density at radius 2 is 1.12 bits per heavy atom. The minimum atomic E-state index is 0.811. The molecule has 7 heteroatoms. The summed E-state index contributed by atoms with van der Waals surface area (Å²) in [6, 6.07) is 0. The SMILES string of the molecule is CN(C)CC[S-].CN(CC[S-])CC[S-].[O]=[Tc+3]. The summed E-state index contributed by atoms with van der Waals surface area (Å²) in [4.78, 5) is 4.23. The third kappa shape index (κ3) is 29.5. The fourth-order valence-corrected chi connectivity index (χ4v) is 1.59. The monoisotopic (exact) mass is 366 g/mol. The summed E-state index contributed by atoms with van der Waals surface area (Å²) >= 11 is 15.1. The summed E-state index contributed by atoms with van der Waals surface area (Å²) in [5.41, 5.74) is 0. The average molecular weight is 367 g/mol. The molecule has 0 saturated carbocycles. The van der Waals surface area contributed by atoms with Crippen molar-refractivity contribution in [2.45, 2.75) is 0 Å². The molecule has 0 aromatic carbocycles. The van der Waals surface area contributed by atoms with Crippen molar-refractivity contribution in [2.75, 3.05) is 58.0 Å². The summed E-state index contributed by atoms with van der Waals surface area (Å²) in [7, 11) is 6.08. The van der Waals surface area contributed by atoms with Crippen LogP contribution in [-0.4, -0.2) is 67.8 Å². The maximum atomic E-state index is 8.22. The second-order valence-corrected chi connectivity index (χ2v) is 4.44. The first kappa shape index (κ1) is 22.6. The molecule has 3 nitrogen and oxygen atoms in total. The second kappa shape index (κ2) is 21.7. The Labute approximate surface area is 127 Å². The minimum absolute atomic E-state index is 0.811. The standard InChI is InChI=1S/C5H13NS2.C4H11NS.O.Tc/c1-6(2-4-7)3-5-8;1-5(2)3-4-6;;/h7-8H,2-5H2,1H3;6H,3-4H2,1-2H3;;/q;;;+3/p-3. The predicted octanol–water partition coefficient (Wildman–Crippen LogP) is -0.0144. The molecule has 0 aromatic rings. The summed E-state index contributed by atoms with van der Waals surface area (Å²) in [6.07, 6.45) is 0. The van der Waals surface area contributed by atoms with Crippen molar-refractivity contribution in [2.24, 2.45) is 0 Å². The molecular formula is C9H21N2OS3Tc. The van der Waals surface area contributed by atoms with Crippen molar-refractivity contribution in [1.82, 2.24) is 9.80 Å². The van der Waals surface area contributed by atoms with E-state index in [1.165, 1.54) is 0 Å². The van der Waals surface area contributed by atoms with Gasteiger partial charge in [-0.3, -0.25) is 0 Å². The maximum absolute atomic E-state index is 8.22. The topological polar surface area (TPSA) is 23.6 Å². The van der Waals surface area contributed by atoms with E-state index < -0.39 is 0 Å². The van der Waals surface area contributed by atoms with Gasteiger partial charge in [-0.2, -0.15) is 17.3 Å². The van der Waals surface area contributed by atoms with Gasteiger partial charge in [0.2, 0.25) is 0 Å². The van der Waals surface area contributed by atoms with E-state index in [1.807, 2.05) is 21.1 Å². The van der Waals surface area contributed by atoms with Crippen molar-refractivity contribution in [3.8, 4) is 0 Å². The van der Waals surface area contributed by atoms with E-state index in [9.17, 15) is 0 Å². The third-order valence-electron chi connectivity index (χ3n) is 1.48. The summed E-state index contributed by atoms with van der Waals surface area (Å²) in [5, 5.41) is 0. The van der Waals surface area contributed by atoms with Gasteiger partial charge in [-0.25, -0.2) is 0 Å². The second-order valence-electron chi connectivity index (χ2n) is 3.22. The van der Waals surface area contributed by atoms with E-state index >= 15 is 0 Å². The number of hydrogen-bond acceptors (Lipinski definition) is 6. The van der Waals surface area contributed by atoms with E-state index in [1.54, 1.807) is 0 Å². The summed E-state index contributed by atoms with van der Waals surface area (Å²) in [5.74, 6) is 2.46. The van der Waals surface area contributed by atoms with Crippen molar-refractivity contribution in [3.05, 3.63) is 0 Å². The number of rotatable bonds is 6. The molecule has 98 valence electrons. The zero-order chi connectivity index (χ0) is 13.4. The van der Waals surface area contributed by atoms with Gasteiger partial charge < -0.3 is 47.7 Å². The molecule has 0 atom stereocenters. The van der Waals surface area contributed by atoms with E-state index in [4.69, 9.17) is 28.8 Å². The van der Waals surface area contributed by atoms with Crippen molar-refractivity contribution >= 4 is 37.9 Å². The molecule has 0 unspecified atom stereocenters. The van der Waals surface area contributed by atoms with Crippen molar-refractivity contribution in [3.63, 3.8) is 0 Å². The third-order valence-corrected chi connectivity index (χ3v) is 2.03. The predicted molar refractivity (Wildman–Crippen MR) is 73.4 cm³/mol. The molecule has 0 aromatic heterocycles. The molecule has 0 N–H and O–H groups in total. The van der Waals surface area contributed by atoms with Crippen LogP contribution in [0.25, 0.3) is 0 Å². The molecule has 16 heavy (non-hydrogen) atoms. The van der Waals surface area contributed by atoms with Gasteiger partial charge in [0.1, 0.15) is 0 Å². The van der Waals surface area contributed by atoms with Gasteiger partial charge in [0.05, 0.1) is 0 Å². The van der Waals surface area contributed by atoms with Crippen LogP contribution in [0.3, 0.4) is 0 Å². The molecule has 0 saturated heterocycles. The molecule has 0 aliphatic heterocycles. The first-order valence-corrected chi connectivity index (χ1v) is 7.30. The molecule has 0 amide bonds. The van der Waals surface area contributed by atoms with E-state index in [0.29, 0.717) is 0 Å². The first-order chi connectivity index (χ1) is 7.58. The van der Waals surface area contributed by atoms with Gasteiger partial charge in [0.15, 0.2) is 0 Å². The van der Waals surface area contributed by atoms with Crippen LogP contribution in [0.5, 0.6) is 0 Å². The Morgan fingerprint density at radius 3 is 1.25 bits per heavy atom. The van der Waals surface area contributed by atoms with Crippen molar-refractivity contribution < 1.29 is 22.4 Å². The van der Waals surface area contributed by atoms with Gasteiger partial charge in [0.25, 0.3) is 0 Å². The quantitative estimate of drug-likeness (QED) is 0.612. The Morgan fingerprint density at radius 1 is 0.812 bits per heavy atom. The fraction of sp³-hybridized carbons (Fsp3) is 1.00. The van der Waals surface area contributed by atoms with Crippen LogP contribution in [0.2, 0.25) is 0 Å². The fourth-order valence-electron chi connectivity index (χ4n) is 0.606. The molecule has 0 rings (SSSR count).